The Balaban J connectivity index is 2.03. The Morgan fingerprint density at radius 2 is 1.90 bits per heavy atom. The fourth-order valence-electron chi connectivity index (χ4n) is 2.12. The van der Waals surface area contributed by atoms with Gasteiger partial charge >= 0.3 is 17.8 Å². The molecule has 2 rings (SSSR count). The summed E-state index contributed by atoms with van der Waals surface area (Å²) in [5.74, 6) is -1.45. The Labute approximate surface area is 122 Å². The number of piperazine rings is 1. The lowest BCUT2D eigenvalue weighted by atomic mass is 10.2. The second kappa shape index (κ2) is 6.34. The third-order valence-electron chi connectivity index (χ3n) is 3.38. The lowest BCUT2D eigenvalue weighted by Gasteiger charge is -2.32. The smallest absolute Gasteiger partial charge is 0.339 e. The van der Waals surface area contributed by atoms with E-state index in [4.69, 9.17) is 0 Å². The Kier molecular flexibility index (Phi) is 4.52. The van der Waals surface area contributed by atoms with Gasteiger partial charge in [-0.1, -0.05) is 0 Å². The topological polar surface area (TPSA) is 79.8 Å². The van der Waals surface area contributed by atoms with Gasteiger partial charge in [0.25, 0.3) is 0 Å². The minimum Gasteiger partial charge on any atom is -0.465 e. The number of hydrogen-bond acceptors (Lipinski definition) is 5. The zero-order valence-corrected chi connectivity index (χ0v) is 12.0. The van der Waals surface area contributed by atoms with Crippen LogP contribution < -0.4 is 0 Å². The molecule has 0 N–H and O–H groups in total. The van der Waals surface area contributed by atoms with Crippen molar-refractivity contribution in [2.45, 2.75) is 13.5 Å². The fraction of sp³-hybridized carbons (Fsp3) is 0.429. The number of carbonyl (C=O) groups excluding carboxylic acids is 3. The van der Waals surface area contributed by atoms with Crippen LogP contribution in [-0.2, 0) is 20.9 Å². The standard InChI is InChI=1S/C14H17N3O4/c1-3-16-6-7-17(13(19)12(16)18)9-11-5-4-10(8-15-11)14(20)21-2/h4-5,8H,3,6-7,9H2,1-2H3. The van der Waals surface area contributed by atoms with E-state index in [0.717, 1.165) is 0 Å². The number of ether oxygens (including phenoxy) is 1. The predicted octanol–water partition coefficient (Wildman–Crippen LogP) is 0.0589. The summed E-state index contributed by atoms with van der Waals surface area (Å²) in [7, 11) is 1.30. The molecule has 0 atom stereocenters. The summed E-state index contributed by atoms with van der Waals surface area (Å²) in [5, 5.41) is 0. The molecule has 1 saturated heterocycles. The number of amides is 2. The molecule has 7 nitrogen and oxygen atoms in total. The van der Waals surface area contributed by atoms with Gasteiger partial charge < -0.3 is 14.5 Å². The molecular weight excluding hydrogens is 274 g/mol. The number of pyridine rings is 1. The second-order valence-electron chi connectivity index (χ2n) is 4.64. The molecule has 21 heavy (non-hydrogen) atoms. The van der Waals surface area contributed by atoms with E-state index in [0.29, 0.717) is 30.9 Å². The van der Waals surface area contributed by atoms with Crippen LogP contribution in [0.2, 0.25) is 0 Å². The number of carbonyl (C=O) groups is 3. The van der Waals surface area contributed by atoms with Crippen molar-refractivity contribution in [2.24, 2.45) is 0 Å². The first-order chi connectivity index (χ1) is 10.1. The molecule has 1 aromatic rings. The van der Waals surface area contributed by atoms with Crippen molar-refractivity contribution in [1.82, 2.24) is 14.8 Å². The van der Waals surface area contributed by atoms with Gasteiger partial charge in [-0.2, -0.15) is 0 Å². The van der Waals surface area contributed by atoms with Crippen molar-refractivity contribution >= 4 is 17.8 Å². The minimum absolute atomic E-state index is 0.254. The van der Waals surface area contributed by atoms with Gasteiger partial charge in [0.05, 0.1) is 24.9 Å². The molecule has 0 bridgehead atoms. The number of likely N-dealkylation sites (N-methyl/N-ethyl adjacent to an activating group) is 1. The largest absolute Gasteiger partial charge is 0.465 e. The molecule has 1 aromatic heterocycles. The van der Waals surface area contributed by atoms with Crippen LogP contribution in [0.4, 0.5) is 0 Å². The molecule has 2 amide bonds. The first kappa shape index (κ1) is 15.0. The lowest BCUT2D eigenvalue weighted by molar-refractivity contribution is -0.156. The lowest BCUT2D eigenvalue weighted by Crippen LogP contribution is -2.53. The van der Waals surface area contributed by atoms with E-state index >= 15 is 0 Å². The Bertz CT molecular complexity index is 556. The van der Waals surface area contributed by atoms with Crippen molar-refractivity contribution in [2.75, 3.05) is 26.7 Å². The highest BCUT2D eigenvalue weighted by atomic mass is 16.5. The average molecular weight is 291 g/mol. The number of esters is 1. The SMILES string of the molecule is CCN1CCN(Cc2ccc(C(=O)OC)cn2)C(=O)C1=O. The highest BCUT2D eigenvalue weighted by Crippen LogP contribution is 2.10. The van der Waals surface area contributed by atoms with Gasteiger partial charge in [0.2, 0.25) is 0 Å². The van der Waals surface area contributed by atoms with Crippen molar-refractivity contribution < 1.29 is 19.1 Å². The number of hydrogen-bond donors (Lipinski definition) is 0. The van der Waals surface area contributed by atoms with Crippen molar-refractivity contribution in [3.05, 3.63) is 29.6 Å². The van der Waals surface area contributed by atoms with Crippen LogP contribution >= 0.6 is 0 Å². The maximum absolute atomic E-state index is 12.0. The normalized spacial score (nSPS) is 15.3. The molecular formula is C14H17N3O4. The summed E-state index contributed by atoms with van der Waals surface area (Å²) in [6.07, 6.45) is 1.40. The van der Waals surface area contributed by atoms with Gasteiger partial charge in [-0.15, -0.1) is 0 Å². The van der Waals surface area contributed by atoms with E-state index < -0.39 is 17.8 Å². The molecule has 0 aromatic carbocycles. The van der Waals surface area contributed by atoms with Crippen LogP contribution in [0, 0.1) is 0 Å². The Morgan fingerprint density at radius 1 is 1.24 bits per heavy atom. The summed E-state index contributed by atoms with van der Waals surface area (Å²) in [5.41, 5.74) is 0.966. The van der Waals surface area contributed by atoms with Gasteiger partial charge in [-0.25, -0.2) is 4.79 Å². The maximum Gasteiger partial charge on any atom is 0.339 e. The van der Waals surface area contributed by atoms with E-state index in [9.17, 15) is 14.4 Å². The highest BCUT2D eigenvalue weighted by Gasteiger charge is 2.31. The van der Waals surface area contributed by atoms with Gasteiger partial charge in [0.15, 0.2) is 0 Å². The number of aromatic nitrogens is 1. The van der Waals surface area contributed by atoms with Gasteiger partial charge in [0.1, 0.15) is 0 Å². The molecule has 0 unspecified atom stereocenters. The summed E-state index contributed by atoms with van der Waals surface area (Å²) in [6.45, 7) is 3.64. The van der Waals surface area contributed by atoms with Gasteiger partial charge in [0, 0.05) is 25.8 Å². The van der Waals surface area contributed by atoms with E-state index in [1.807, 2.05) is 6.92 Å². The zero-order valence-electron chi connectivity index (χ0n) is 12.0. The van der Waals surface area contributed by atoms with Crippen molar-refractivity contribution in [3.63, 3.8) is 0 Å². The Morgan fingerprint density at radius 3 is 2.48 bits per heavy atom. The van der Waals surface area contributed by atoms with Gasteiger partial charge in [-0.3, -0.25) is 14.6 Å². The molecule has 2 heterocycles. The van der Waals surface area contributed by atoms with E-state index in [2.05, 4.69) is 9.72 Å². The van der Waals surface area contributed by atoms with Crippen molar-refractivity contribution in [3.8, 4) is 0 Å². The Hall–Kier alpha value is -2.44. The van der Waals surface area contributed by atoms with Crippen LogP contribution in [0.3, 0.4) is 0 Å². The third-order valence-corrected chi connectivity index (χ3v) is 3.38. The van der Waals surface area contributed by atoms with Gasteiger partial charge in [-0.05, 0) is 19.1 Å². The average Bonchev–Trinajstić information content (AvgIpc) is 2.52. The van der Waals surface area contributed by atoms with E-state index in [-0.39, 0.29) is 6.54 Å². The molecule has 0 radical (unpaired) electrons. The quantitative estimate of drug-likeness (QED) is 0.579. The van der Waals surface area contributed by atoms with E-state index in [1.54, 1.807) is 12.1 Å². The van der Waals surface area contributed by atoms with Crippen molar-refractivity contribution in [1.29, 1.82) is 0 Å². The first-order valence-electron chi connectivity index (χ1n) is 6.68. The summed E-state index contributed by atoms with van der Waals surface area (Å²) in [4.78, 5) is 42.2. The highest BCUT2D eigenvalue weighted by molar-refractivity contribution is 6.35. The molecule has 7 heteroatoms. The molecule has 1 fully saturated rings. The number of methoxy groups -OCH3 is 1. The second-order valence-corrected chi connectivity index (χ2v) is 4.64. The maximum atomic E-state index is 12.0. The molecule has 0 aliphatic carbocycles. The predicted molar refractivity (Wildman–Crippen MR) is 73.2 cm³/mol. The van der Waals surface area contributed by atoms with Crippen LogP contribution in [0.15, 0.2) is 18.3 Å². The molecule has 1 aliphatic rings. The molecule has 1 aliphatic heterocycles. The fourth-order valence-corrected chi connectivity index (χ4v) is 2.12. The van der Waals surface area contributed by atoms with Crippen LogP contribution in [0.5, 0.6) is 0 Å². The third kappa shape index (κ3) is 3.18. The molecule has 112 valence electrons. The first-order valence-corrected chi connectivity index (χ1v) is 6.68. The minimum atomic E-state index is -0.512. The summed E-state index contributed by atoms with van der Waals surface area (Å²) < 4.78 is 4.59. The van der Waals surface area contributed by atoms with Crippen LogP contribution in [0.25, 0.3) is 0 Å². The number of nitrogens with zero attached hydrogens (tertiary/aromatic N) is 3. The molecule has 0 saturated carbocycles. The zero-order chi connectivity index (χ0) is 15.4. The summed E-state index contributed by atoms with van der Waals surface area (Å²) >= 11 is 0. The van der Waals surface area contributed by atoms with Crippen LogP contribution in [-0.4, -0.2) is 59.3 Å². The number of rotatable bonds is 4. The van der Waals surface area contributed by atoms with E-state index in [1.165, 1.54) is 23.1 Å². The molecule has 0 spiro atoms. The summed E-state index contributed by atoms with van der Waals surface area (Å²) in [6, 6.07) is 3.24. The monoisotopic (exact) mass is 291 g/mol. The van der Waals surface area contributed by atoms with Crippen LogP contribution in [0.1, 0.15) is 23.0 Å².